The van der Waals surface area contributed by atoms with E-state index in [1.807, 2.05) is 13.0 Å². The van der Waals surface area contributed by atoms with Crippen molar-refractivity contribution >= 4 is 23.6 Å². The zero-order chi connectivity index (χ0) is 19.2. The van der Waals surface area contributed by atoms with Gasteiger partial charge in [0.15, 0.2) is 17.3 Å². The Hall–Kier alpha value is -2.60. The van der Waals surface area contributed by atoms with Gasteiger partial charge in [-0.1, -0.05) is 19.1 Å². The minimum atomic E-state index is -0.162. The highest BCUT2D eigenvalue weighted by atomic mass is 32.2. The summed E-state index contributed by atoms with van der Waals surface area (Å²) < 4.78 is 16.5. The van der Waals surface area contributed by atoms with Crippen molar-refractivity contribution in [2.24, 2.45) is 0 Å². The van der Waals surface area contributed by atoms with Gasteiger partial charge in [-0.25, -0.2) is 0 Å². The standard InChI is InChI=1S/C21H22O5S/c1-3-8-25-19-13-20-21(27-10-9-26-20)12-15(19)16(22)6-4-14-5-7-18(24-2)17(23)11-14/h4-7,11-13,23H,3,8-10H2,1-2H3. The molecule has 0 aromatic heterocycles. The first-order valence-corrected chi connectivity index (χ1v) is 9.76. The monoisotopic (exact) mass is 386 g/mol. The van der Waals surface area contributed by atoms with Crippen LogP contribution in [-0.4, -0.2) is 37.0 Å². The number of carbonyl (C=O) groups excluding carboxylic acids is 1. The van der Waals surface area contributed by atoms with Gasteiger partial charge in [0.2, 0.25) is 0 Å². The molecule has 0 unspecified atom stereocenters. The number of ketones is 1. The number of hydrogen-bond donors (Lipinski definition) is 1. The summed E-state index contributed by atoms with van der Waals surface area (Å²) in [5, 5.41) is 9.87. The van der Waals surface area contributed by atoms with Gasteiger partial charge in [-0.05, 0) is 36.3 Å². The normalized spacial score (nSPS) is 13.1. The fourth-order valence-electron chi connectivity index (χ4n) is 2.67. The minimum absolute atomic E-state index is 0.0291. The van der Waals surface area contributed by atoms with Crippen LogP contribution in [0.5, 0.6) is 23.0 Å². The summed E-state index contributed by atoms with van der Waals surface area (Å²) in [5.41, 5.74) is 1.21. The molecule has 0 aliphatic carbocycles. The minimum Gasteiger partial charge on any atom is -0.504 e. The zero-order valence-electron chi connectivity index (χ0n) is 15.4. The molecule has 5 nitrogen and oxygen atoms in total. The van der Waals surface area contributed by atoms with Gasteiger partial charge >= 0.3 is 0 Å². The number of hydrogen-bond acceptors (Lipinski definition) is 6. The molecule has 1 heterocycles. The van der Waals surface area contributed by atoms with E-state index in [0.717, 1.165) is 22.8 Å². The SMILES string of the molecule is CCCOc1cc2c(cc1C(=O)C=Cc1ccc(OC)c(O)c1)SCCO2. The Morgan fingerprint density at radius 2 is 2.15 bits per heavy atom. The molecule has 0 spiro atoms. The lowest BCUT2D eigenvalue weighted by Crippen LogP contribution is -2.09. The molecule has 0 saturated carbocycles. The Kier molecular flexibility index (Phi) is 6.29. The topological polar surface area (TPSA) is 65.0 Å². The zero-order valence-corrected chi connectivity index (χ0v) is 16.2. The van der Waals surface area contributed by atoms with Gasteiger partial charge in [0.25, 0.3) is 0 Å². The Balaban J connectivity index is 1.87. The third-order valence-electron chi connectivity index (χ3n) is 4.00. The number of benzene rings is 2. The van der Waals surface area contributed by atoms with Crippen LogP contribution in [0.2, 0.25) is 0 Å². The molecular formula is C21H22O5S. The summed E-state index contributed by atoms with van der Waals surface area (Å²) >= 11 is 1.67. The lowest BCUT2D eigenvalue weighted by molar-refractivity contribution is 0.104. The highest BCUT2D eigenvalue weighted by Gasteiger charge is 2.19. The Morgan fingerprint density at radius 3 is 2.89 bits per heavy atom. The quantitative estimate of drug-likeness (QED) is 0.555. The number of ether oxygens (including phenoxy) is 3. The number of rotatable bonds is 7. The third kappa shape index (κ3) is 4.57. The maximum atomic E-state index is 12.8. The fraction of sp³-hybridized carbons (Fsp3) is 0.286. The average molecular weight is 386 g/mol. The summed E-state index contributed by atoms with van der Waals surface area (Å²) in [6.45, 7) is 3.20. The Morgan fingerprint density at radius 1 is 1.30 bits per heavy atom. The number of allylic oxidation sites excluding steroid dienone is 1. The molecule has 0 saturated heterocycles. The van der Waals surface area contributed by atoms with E-state index < -0.39 is 0 Å². The summed E-state index contributed by atoms with van der Waals surface area (Å²) in [7, 11) is 1.49. The van der Waals surface area contributed by atoms with Crippen LogP contribution in [0.3, 0.4) is 0 Å². The number of carbonyl (C=O) groups is 1. The highest BCUT2D eigenvalue weighted by Crippen LogP contribution is 2.38. The van der Waals surface area contributed by atoms with Crippen LogP contribution in [0.15, 0.2) is 41.3 Å². The summed E-state index contributed by atoms with van der Waals surface area (Å²) in [6, 6.07) is 8.61. The molecule has 6 heteroatoms. The molecular weight excluding hydrogens is 364 g/mol. The molecule has 0 atom stereocenters. The van der Waals surface area contributed by atoms with Gasteiger partial charge < -0.3 is 19.3 Å². The van der Waals surface area contributed by atoms with Crippen LogP contribution in [0.25, 0.3) is 6.08 Å². The predicted octanol–water partition coefficient (Wildman–Crippen LogP) is 4.57. The van der Waals surface area contributed by atoms with E-state index in [4.69, 9.17) is 14.2 Å². The molecule has 0 amide bonds. The van der Waals surface area contributed by atoms with Gasteiger partial charge in [-0.2, -0.15) is 0 Å². The van der Waals surface area contributed by atoms with Gasteiger partial charge in [-0.15, -0.1) is 11.8 Å². The average Bonchev–Trinajstić information content (AvgIpc) is 2.69. The third-order valence-corrected chi connectivity index (χ3v) is 5.00. The van der Waals surface area contributed by atoms with E-state index in [0.29, 0.717) is 35.8 Å². The number of phenols is 1. The van der Waals surface area contributed by atoms with Crippen LogP contribution in [0.4, 0.5) is 0 Å². The Labute approximate surface area is 162 Å². The van der Waals surface area contributed by atoms with E-state index in [2.05, 4.69) is 0 Å². The van der Waals surface area contributed by atoms with Crippen molar-refractivity contribution in [2.45, 2.75) is 18.2 Å². The molecule has 2 aromatic rings. The van der Waals surface area contributed by atoms with Crippen LogP contribution >= 0.6 is 11.8 Å². The lowest BCUT2D eigenvalue weighted by Gasteiger charge is -2.19. The highest BCUT2D eigenvalue weighted by molar-refractivity contribution is 7.99. The second-order valence-electron chi connectivity index (χ2n) is 5.97. The van der Waals surface area contributed by atoms with Crippen molar-refractivity contribution in [1.29, 1.82) is 0 Å². The van der Waals surface area contributed by atoms with Crippen molar-refractivity contribution in [1.82, 2.24) is 0 Å². The first kappa shape index (κ1) is 19.2. The van der Waals surface area contributed by atoms with E-state index in [9.17, 15) is 9.90 Å². The first-order chi connectivity index (χ1) is 13.1. The molecule has 0 fully saturated rings. The van der Waals surface area contributed by atoms with Crippen LogP contribution in [0, 0.1) is 0 Å². The van der Waals surface area contributed by atoms with Gasteiger partial charge in [0, 0.05) is 11.8 Å². The lowest BCUT2D eigenvalue weighted by atomic mass is 10.1. The Bertz CT molecular complexity index is 860. The van der Waals surface area contributed by atoms with Gasteiger partial charge in [-0.3, -0.25) is 4.79 Å². The maximum absolute atomic E-state index is 12.8. The van der Waals surface area contributed by atoms with E-state index >= 15 is 0 Å². The smallest absolute Gasteiger partial charge is 0.189 e. The van der Waals surface area contributed by atoms with Gasteiger partial charge in [0.1, 0.15) is 11.5 Å². The first-order valence-electron chi connectivity index (χ1n) is 8.78. The summed E-state index contributed by atoms with van der Waals surface area (Å²) in [5.74, 6) is 2.41. The molecule has 2 aromatic carbocycles. The number of thioether (sulfide) groups is 1. The van der Waals surface area contributed by atoms with Crippen molar-refractivity contribution in [3.8, 4) is 23.0 Å². The summed E-state index contributed by atoms with van der Waals surface area (Å²) in [4.78, 5) is 13.7. The maximum Gasteiger partial charge on any atom is 0.189 e. The number of phenolic OH excluding ortho intramolecular Hbond substituents is 1. The number of methoxy groups -OCH3 is 1. The van der Waals surface area contributed by atoms with Crippen LogP contribution < -0.4 is 14.2 Å². The van der Waals surface area contributed by atoms with E-state index in [-0.39, 0.29) is 11.5 Å². The molecule has 0 radical (unpaired) electrons. The molecule has 3 rings (SSSR count). The van der Waals surface area contributed by atoms with E-state index in [1.165, 1.54) is 13.2 Å². The largest absolute Gasteiger partial charge is 0.504 e. The second kappa shape index (κ2) is 8.86. The number of fused-ring (bicyclic) bond motifs is 1. The van der Waals surface area contributed by atoms with Crippen molar-refractivity contribution in [3.05, 3.63) is 47.5 Å². The van der Waals surface area contributed by atoms with Crippen molar-refractivity contribution < 1.29 is 24.1 Å². The molecule has 0 bridgehead atoms. The van der Waals surface area contributed by atoms with Crippen molar-refractivity contribution in [2.75, 3.05) is 26.1 Å². The molecule has 1 N–H and O–H groups in total. The predicted molar refractivity (Wildman–Crippen MR) is 106 cm³/mol. The summed E-state index contributed by atoms with van der Waals surface area (Å²) in [6.07, 6.45) is 3.99. The molecule has 27 heavy (non-hydrogen) atoms. The van der Waals surface area contributed by atoms with E-state index in [1.54, 1.807) is 42.1 Å². The molecule has 1 aliphatic heterocycles. The van der Waals surface area contributed by atoms with Crippen molar-refractivity contribution in [3.63, 3.8) is 0 Å². The van der Waals surface area contributed by atoms with Crippen LogP contribution in [0.1, 0.15) is 29.3 Å². The number of aromatic hydroxyl groups is 1. The van der Waals surface area contributed by atoms with Crippen LogP contribution in [-0.2, 0) is 0 Å². The molecule has 1 aliphatic rings. The second-order valence-corrected chi connectivity index (χ2v) is 7.11. The molecule has 142 valence electrons. The van der Waals surface area contributed by atoms with Gasteiger partial charge in [0.05, 0.1) is 30.8 Å². The fourth-order valence-corrected chi connectivity index (χ4v) is 3.51.